The monoisotopic (exact) mass is 234 g/mol. The van der Waals surface area contributed by atoms with Crippen molar-refractivity contribution < 1.29 is 9.47 Å². The van der Waals surface area contributed by atoms with Crippen LogP contribution in [0.25, 0.3) is 0 Å². The molecule has 2 bridgehead atoms. The molecule has 3 unspecified atom stereocenters. The van der Waals surface area contributed by atoms with Crippen molar-refractivity contribution in [2.75, 3.05) is 18.2 Å². The number of anilines is 2. The molecule has 4 heteroatoms. The third-order valence-corrected chi connectivity index (χ3v) is 3.73. The maximum absolute atomic E-state index is 6.04. The van der Waals surface area contributed by atoms with E-state index in [9.17, 15) is 0 Å². The Balaban J connectivity index is 1.77. The first-order valence-corrected chi connectivity index (χ1v) is 6.12. The predicted molar refractivity (Wildman–Crippen MR) is 67.3 cm³/mol. The molecule has 3 N–H and O–H groups in total. The molecule has 1 aromatic rings. The number of rotatable bonds is 3. The van der Waals surface area contributed by atoms with E-state index in [0.29, 0.717) is 23.9 Å². The van der Waals surface area contributed by atoms with Gasteiger partial charge < -0.3 is 20.5 Å². The first-order chi connectivity index (χ1) is 8.28. The number of nitrogens with one attached hydrogen (secondary N) is 1. The minimum absolute atomic E-state index is 0.352. The maximum atomic E-state index is 6.04. The number of methoxy groups -OCH3 is 1. The van der Waals surface area contributed by atoms with Crippen molar-refractivity contribution in [1.29, 1.82) is 0 Å². The first-order valence-electron chi connectivity index (χ1n) is 6.12. The van der Waals surface area contributed by atoms with Gasteiger partial charge in [0.25, 0.3) is 0 Å². The number of benzene rings is 1. The van der Waals surface area contributed by atoms with Crippen molar-refractivity contribution >= 4 is 11.4 Å². The summed E-state index contributed by atoms with van der Waals surface area (Å²) < 4.78 is 11.0. The zero-order valence-electron chi connectivity index (χ0n) is 9.98. The standard InChI is InChI=1S/C13H18N2O2/c1-16-12-4-2-3-9(13(12)14)15-10-7-8-5-6-11(10)17-8/h2-4,8,10-11,15H,5-7,14H2,1H3. The van der Waals surface area contributed by atoms with Gasteiger partial charge in [0.05, 0.1) is 36.7 Å². The van der Waals surface area contributed by atoms with Gasteiger partial charge in [-0.2, -0.15) is 0 Å². The largest absolute Gasteiger partial charge is 0.495 e. The Hall–Kier alpha value is -1.42. The number of para-hydroxylation sites is 1. The fourth-order valence-corrected chi connectivity index (χ4v) is 2.84. The fraction of sp³-hybridized carbons (Fsp3) is 0.538. The number of nitrogen functional groups attached to an aromatic ring is 1. The molecule has 3 atom stereocenters. The average Bonchev–Trinajstić information content (AvgIpc) is 2.94. The van der Waals surface area contributed by atoms with Crippen LogP contribution in [0.1, 0.15) is 19.3 Å². The molecule has 1 aromatic carbocycles. The lowest BCUT2D eigenvalue weighted by Crippen LogP contribution is -2.30. The van der Waals surface area contributed by atoms with Gasteiger partial charge in [-0.3, -0.25) is 0 Å². The topological polar surface area (TPSA) is 56.5 Å². The van der Waals surface area contributed by atoms with Crippen LogP contribution in [0.4, 0.5) is 11.4 Å². The van der Waals surface area contributed by atoms with E-state index in [4.69, 9.17) is 15.2 Å². The van der Waals surface area contributed by atoms with Gasteiger partial charge in [-0.05, 0) is 31.4 Å². The van der Waals surface area contributed by atoms with Gasteiger partial charge in [0, 0.05) is 0 Å². The second-order valence-electron chi connectivity index (χ2n) is 4.78. The summed E-state index contributed by atoms with van der Waals surface area (Å²) in [4.78, 5) is 0. The first kappa shape index (κ1) is 10.7. The summed E-state index contributed by atoms with van der Waals surface area (Å²) >= 11 is 0. The molecule has 0 amide bonds. The van der Waals surface area contributed by atoms with Crippen LogP contribution in [0, 0.1) is 0 Å². The normalized spacial score (nSPS) is 30.5. The second kappa shape index (κ2) is 4.11. The van der Waals surface area contributed by atoms with Crippen molar-refractivity contribution in [1.82, 2.24) is 0 Å². The molecule has 4 nitrogen and oxygen atoms in total. The molecule has 0 aromatic heterocycles. The van der Waals surface area contributed by atoms with Crippen molar-refractivity contribution in [2.24, 2.45) is 0 Å². The Kier molecular flexibility index (Phi) is 2.59. The smallest absolute Gasteiger partial charge is 0.143 e. The van der Waals surface area contributed by atoms with E-state index in [1.165, 1.54) is 6.42 Å². The van der Waals surface area contributed by atoms with Gasteiger partial charge in [0.1, 0.15) is 5.75 Å². The van der Waals surface area contributed by atoms with E-state index >= 15 is 0 Å². The Morgan fingerprint density at radius 2 is 2.29 bits per heavy atom. The van der Waals surface area contributed by atoms with E-state index in [1.54, 1.807) is 7.11 Å². The van der Waals surface area contributed by atoms with Crippen LogP contribution < -0.4 is 15.8 Å². The Morgan fingerprint density at radius 1 is 1.41 bits per heavy atom. The molecule has 2 aliphatic heterocycles. The number of hydrogen-bond acceptors (Lipinski definition) is 4. The van der Waals surface area contributed by atoms with Crippen LogP contribution in [0.3, 0.4) is 0 Å². The van der Waals surface area contributed by atoms with E-state index in [1.807, 2.05) is 18.2 Å². The van der Waals surface area contributed by atoms with Gasteiger partial charge in [0.2, 0.25) is 0 Å². The van der Waals surface area contributed by atoms with Crippen molar-refractivity contribution in [2.45, 2.75) is 37.5 Å². The third-order valence-electron chi connectivity index (χ3n) is 3.73. The van der Waals surface area contributed by atoms with E-state index < -0.39 is 0 Å². The second-order valence-corrected chi connectivity index (χ2v) is 4.78. The highest BCUT2D eigenvalue weighted by atomic mass is 16.5. The van der Waals surface area contributed by atoms with Gasteiger partial charge in [-0.1, -0.05) is 6.07 Å². The highest BCUT2D eigenvalue weighted by Gasteiger charge is 2.40. The Bertz CT molecular complexity index is 422. The molecule has 0 aliphatic carbocycles. The summed E-state index contributed by atoms with van der Waals surface area (Å²) in [6.45, 7) is 0. The molecule has 0 radical (unpaired) electrons. The fourth-order valence-electron chi connectivity index (χ4n) is 2.84. The van der Waals surface area contributed by atoms with E-state index in [2.05, 4.69) is 5.32 Å². The molecular weight excluding hydrogens is 216 g/mol. The quantitative estimate of drug-likeness (QED) is 0.785. The van der Waals surface area contributed by atoms with Crippen LogP contribution in [0.2, 0.25) is 0 Å². The van der Waals surface area contributed by atoms with Crippen LogP contribution in [0.5, 0.6) is 5.75 Å². The Morgan fingerprint density at radius 3 is 2.94 bits per heavy atom. The maximum Gasteiger partial charge on any atom is 0.143 e. The summed E-state index contributed by atoms with van der Waals surface area (Å²) in [6.07, 6.45) is 4.25. The summed E-state index contributed by atoms with van der Waals surface area (Å²) in [5.41, 5.74) is 7.67. The predicted octanol–water partition coefficient (Wildman–Crippen LogP) is 2.01. The van der Waals surface area contributed by atoms with Crippen LogP contribution in [-0.4, -0.2) is 25.4 Å². The number of ether oxygens (including phenoxy) is 2. The molecule has 92 valence electrons. The lowest BCUT2D eigenvalue weighted by Gasteiger charge is -2.22. The van der Waals surface area contributed by atoms with E-state index in [-0.39, 0.29) is 0 Å². The lowest BCUT2D eigenvalue weighted by molar-refractivity contribution is 0.102. The molecule has 2 aliphatic rings. The van der Waals surface area contributed by atoms with Crippen molar-refractivity contribution in [3.63, 3.8) is 0 Å². The van der Waals surface area contributed by atoms with E-state index in [0.717, 1.165) is 24.3 Å². The SMILES string of the molecule is COc1cccc(NC2CC3CCC2O3)c1N. The van der Waals surface area contributed by atoms with Gasteiger partial charge in [-0.15, -0.1) is 0 Å². The minimum Gasteiger partial charge on any atom is -0.495 e. The third kappa shape index (κ3) is 1.82. The molecule has 2 heterocycles. The highest BCUT2D eigenvalue weighted by molar-refractivity contribution is 5.73. The molecule has 17 heavy (non-hydrogen) atoms. The van der Waals surface area contributed by atoms with Crippen LogP contribution >= 0.6 is 0 Å². The van der Waals surface area contributed by atoms with Gasteiger partial charge in [0.15, 0.2) is 0 Å². The average molecular weight is 234 g/mol. The molecule has 0 spiro atoms. The molecular formula is C13H18N2O2. The number of nitrogens with two attached hydrogens (primary N) is 1. The van der Waals surface area contributed by atoms with Crippen molar-refractivity contribution in [3.8, 4) is 5.75 Å². The summed E-state index contributed by atoms with van der Waals surface area (Å²) in [5.74, 6) is 0.721. The number of fused-ring (bicyclic) bond motifs is 2. The molecule has 2 saturated heterocycles. The highest BCUT2D eigenvalue weighted by Crippen LogP contribution is 2.38. The molecule has 2 fully saturated rings. The van der Waals surface area contributed by atoms with Crippen LogP contribution in [0.15, 0.2) is 18.2 Å². The van der Waals surface area contributed by atoms with Crippen LogP contribution in [-0.2, 0) is 4.74 Å². The zero-order valence-corrected chi connectivity index (χ0v) is 9.98. The summed E-state index contributed by atoms with van der Waals surface area (Å²) in [6, 6.07) is 6.20. The minimum atomic E-state index is 0.352. The summed E-state index contributed by atoms with van der Waals surface area (Å²) in [7, 11) is 1.64. The Labute approximate surface area is 101 Å². The lowest BCUT2D eigenvalue weighted by atomic mass is 9.95. The van der Waals surface area contributed by atoms with Gasteiger partial charge in [-0.25, -0.2) is 0 Å². The number of hydrogen-bond donors (Lipinski definition) is 2. The molecule has 0 saturated carbocycles. The summed E-state index contributed by atoms with van der Waals surface area (Å²) in [5, 5.41) is 3.49. The zero-order chi connectivity index (χ0) is 11.8. The van der Waals surface area contributed by atoms with Gasteiger partial charge >= 0.3 is 0 Å². The molecule has 3 rings (SSSR count). The van der Waals surface area contributed by atoms with Crippen molar-refractivity contribution in [3.05, 3.63) is 18.2 Å².